The number of halogens is 3. The first-order chi connectivity index (χ1) is 7.98. The summed E-state index contributed by atoms with van der Waals surface area (Å²) in [5.41, 5.74) is -1.05. The third kappa shape index (κ3) is 2.66. The van der Waals surface area contributed by atoms with Gasteiger partial charge in [0.25, 0.3) is 0 Å². The van der Waals surface area contributed by atoms with E-state index in [1.54, 1.807) is 0 Å². The van der Waals surface area contributed by atoms with E-state index in [1.807, 2.05) is 0 Å². The van der Waals surface area contributed by atoms with Crippen molar-refractivity contribution in [2.45, 2.75) is 12.6 Å². The van der Waals surface area contributed by atoms with Crippen molar-refractivity contribution in [3.05, 3.63) is 35.4 Å². The van der Waals surface area contributed by atoms with Gasteiger partial charge in [0, 0.05) is 12.0 Å². The van der Waals surface area contributed by atoms with E-state index in [0.717, 1.165) is 6.07 Å². The Balaban J connectivity index is 2.21. The number of Topliss-reactive ketones (excluding diaryl/α,β-unsaturated/α-hetero) is 1. The van der Waals surface area contributed by atoms with E-state index in [1.165, 1.54) is 18.2 Å². The zero-order chi connectivity index (χ0) is 12.5. The first kappa shape index (κ1) is 12.1. The summed E-state index contributed by atoms with van der Waals surface area (Å²) in [7, 11) is 0. The fourth-order valence-electron chi connectivity index (χ4n) is 1.84. The van der Waals surface area contributed by atoms with Crippen LogP contribution in [0.25, 0.3) is 0 Å². The standard InChI is InChI=1S/C12H12F3NO/c13-12(14,15)10-4-2-1-3-9(10)11(17)5-8-6-16-7-8/h1-4,8,16H,5-7H2. The fraction of sp³-hybridized carbons (Fsp3) is 0.417. The molecule has 2 nitrogen and oxygen atoms in total. The predicted molar refractivity (Wildman–Crippen MR) is 56.8 cm³/mol. The van der Waals surface area contributed by atoms with Gasteiger partial charge in [-0.3, -0.25) is 4.79 Å². The smallest absolute Gasteiger partial charge is 0.316 e. The summed E-state index contributed by atoms with van der Waals surface area (Å²) >= 11 is 0. The fourth-order valence-corrected chi connectivity index (χ4v) is 1.84. The number of benzene rings is 1. The molecule has 5 heteroatoms. The molecule has 0 radical (unpaired) electrons. The highest BCUT2D eigenvalue weighted by Crippen LogP contribution is 2.32. The molecule has 1 saturated heterocycles. The number of hydrogen-bond donors (Lipinski definition) is 1. The second-order valence-corrected chi connectivity index (χ2v) is 4.19. The van der Waals surface area contributed by atoms with Crippen LogP contribution in [0, 0.1) is 5.92 Å². The lowest BCUT2D eigenvalue weighted by Crippen LogP contribution is -2.43. The zero-order valence-electron chi connectivity index (χ0n) is 9.05. The average molecular weight is 243 g/mol. The Bertz CT molecular complexity index is 424. The lowest BCUT2D eigenvalue weighted by atomic mass is 9.92. The van der Waals surface area contributed by atoms with Gasteiger partial charge in [-0.05, 0) is 25.1 Å². The molecule has 0 aliphatic carbocycles. The minimum atomic E-state index is -4.47. The molecular formula is C12H12F3NO. The van der Waals surface area contributed by atoms with E-state index < -0.39 is 17.5 Å². The number of alkyl halides is 3. The van der Waals surface area contributed by atoms with Crippen LogP contribution in [-0.2, 0) is 6.18 Å². The van der Waals surface area contributed by atoms with Crippen molar-refractivity contribution in [2.24, 2.45) is 5.92 Å². The molecule has 0 bridgehead atoms. The van der Waals surface area contributed by atoms with Crippen LogP contribution < -0.4 is 5.32 Å². The van der Waals surface area contributed by atoms with E-state index in [9.17, 15) is 18.0 Å². The summed E-state index contributed by atoms with van der Waals surface area (Å²) in [6.07, 6.45) is -4.29. The largest absolute Gasteiger partial charge is 0.417 e. The maximum absolute atomic E-state index is 12.7. The number of carbonyl (C=O) groups is 1. The van der Waals surface area contributed by atoms with Crippen molar-refractivity contribution in [1.82, 2.24) is 5.32 Å². The summed E-state index contributed by atoms with van der Waals surface area (Å²) in [6, 6.07) is 4.95. The molecule has 1 aliphatic heterocycles. The van der Waals surface area contributed by atoms with Crippen LogP contribution in [-0.4, -0.2) is 18.9 Å². The molecule has 17 heavy (non-hydrogen) atoms. The predicted octanol–water partition coefficient (Wildman–Crippen LogP) is 2.50. The van der Waals surface area contributed by atoms with Gasteiger partial charge in [0.05, 0.1) is 5.56 Å². The van der Waals surface area contributed by atoms with Crippen molar-refractivity contribution in [1.29, 1.82) is 0 Å². The van der Waals surface area contributed by atoms with E-state index in [4.69, 9.17) is 0 Å². The van der Waals surface area contributed by atoms with Gasteiger partial charge < -0.3 is 5.32 Å². The van der Waals surface area contributed by atoms with Crippen LogP contribution >= 0.6 is 0 Å². The number of nitrogens with one attached hydrogen (secondary N) is 1. The Labute approximate surface area is 96.8 Å². The molecule has 1 fully saturated rings. The van der Waals surface area contributed by atoms with Crippen molar-refractivity contribution in [3.63, 3.8) is 0 Å². The van der Waals surface area contributed by atoms with E-state index >= 15 is 0 Å². The summed E-state index contributed by atoms with van der Waals surface area (Å²) in [4.78, 5) is 11.8. The Morgan fingerprint density at radius 1 is 1.29 bits per heavy atom. The Morgan fingerprint density at radius 2 is 1.94 bits per heavy atom. The average Bonchev–Trinajstić information content (AvgIpc) is 2.22. The highest BCUT2D eigenvalue weighted by molar-refractivity contribution is 5.97. The lowest BCUT2D eigenvalue weighted by molar-refractivity contribution is -0.137. The lowest BCUT2D eigenvalue weighted by Gasteiger charge is -2.26. The van der Waals surface area contributed by atoms with Gasteiger partial charge in [-0.25, -0.2) is 0 Å². The number of carbonyl (C=O) groups excluding carboxylic acids is 1. The SMILES string of the molecule is O=C(CC1CNC1)c1ccccc1C(F)(F)F. The molecule has 0 aromatic heterocycles. The molecule has 0 atom stereocenters. The quantitative estimate of drug-likeness (QED) is 0.826. The second-order valence-electron chi connectivity index (χ2n) is 4.19. The topological polar surface area (TPSA) is 29.1 Å². The molecular weight excluding hydrogens is 231 g/mol. The van der Waals surface area contributed by atoms with Gasteiger partial charge in [-0.1, -0.05) is 18.2 Å². The van der Waals surface area contributed by atoms with E-state index in [0.29, 0.717) is 13.1 Å². The maximum atomic E-state index is 12.7. The van der Waals surface area contributed by atoms with Crippen molar-refractivity contribution in [3.8, 4) is 0 Å². The van der Waals surface area contributed by atoms with Crippen LogP contribution in [0.1, 0.15) is 22.3 Å². The van der Waals surface area contributed by atoms with Crippen LogP contribution in [0.4, 0.5) is 13.2 Å². The first-order valence-electron chi connectivity index (χ1n) is 5.38. The van der Waals surface area contributed by atoms with Crippen LogP contribution in [0.2, 0.25) is 0 Å². The van der Waals surface area contributed by atoms with Gasteiger partial charge in [-0.15, -0.1) is 0 Å². The van der Waals surface area contributed by atoms with Crippen molar-refractivity contribution < 1.29 is 18.0 Å². The molecule has 0 spiro atoms. The number of hydrogen-bond acceptors (Lipinski definition) is 2. The minimum absolute atomic E-state index is 0.170. The van der Waals surface area contributed by atoms with Crippen LogP contribution in [0.15, 0.2) is 24.3 Å². The molecule has 0 amide bonds. The summed E-state index contributed by atoms with van der Waals surface area (Å²) in [6.45, 7) is 1.42. The molecule has 1 heterocycles. The molecule has 1 aliphatic rings. The first-order valence-corrected chi connectivity index (χ1v) is 5.38. The normalized spacial score (nSPS) is 16.6. The third-order valence-electron chi connectivity index (χ3n) is 2.87. The second kappa shape index (κ2) is 4.49. The summed E-state index contributed by atoms with van der Waals surface area (Å²) < 4.78 is 38.0. The van der Waals surface area contributed by atoms with E-state index in [2.05, 4.69) is 5.32 Å². The van der Waals surface area contributed by atoms with Gasteiger partial charge in [0.15, 0.2) is 5.78 Å². The molecule has 1 aromatic rings. The zero-order valence-corrected chi connectivity index (χ0v) is 9.05. The van der Waals surface area contributed by atoms with Crippen LogP contribution in [0.5, 0.6) is 0 Å². The summed E-state index contributed by atoms with van der Waals surface area (Å²) in [5.74, 6) is -0.256. The Morgan fingerprint density at radius 3 is 2.47 bits per heavy atom. The van der Waals surface area contributed by atoms with Gasteiger partial charge in [0.2, 0.25) is 0 Å². The van der Waals surface area contributed by atoms with Gasteiger partial charge in [-0.2, -0.15) is 13.2 Å². The molecule has 1 aromatic carbocycles. The van der Waals surface area contributed by atoms with E-state index in [-0.39, 0.29) is 17.9 Å². The van der Waals surface area contributed by atoms with Gasteiger partial charge >= 0.3 is 6.18 Å². The highest BCUT2D eigenvalue weighted by Gasteiger charge is 2.35. The maximum Gasteiger partial charge on any atom is 0.417 e. The molecule has 1 N–H and O–H groups in total. The highest BCUT2D eigenvalue weighted by atomic mass is 19.4. The van der Waals surface area contributed by atoms with Crippen molar-refractivity contribution in [2.75, 3.05) is 13.1 Å². The minimum Gasteiger partial charge on any atom is -0.316 e. The Hall–Kier alpha value is -1.36. The van der Waals surface area contributed by atoms with Crippen LogP contribution in [0.3, 0.4) is 0 Å². The molecule has 2 rings (SSSR count). The van der Waals surface area contributed by atoms with Crippen molar-refractivity contribution >= 4 is 5.78 Å². The monoisotopic (exact) mass is 243 g/mol. The summed E-state index contributed by atoms with van der Waals surface area (Å²) in [5, 5.41) is 2.99. The molecule has 0 saturated carbocycles. The number of ketones is 1. The number of rotatable bonds is 3. The molecule has 0 unspecified atom stereocenters. The molecule has 92 valence electrons. The van der Waals surface area contributed by atoms with Gasteiger partial charge in [0.1, 0.15) is 0 Å². The Kier molecular flexibility index (Phi) is 3.19. The third-order valence-corrected chi connectivity index (χ3v) is 2.87.